The minimum absolute atomic E-state index is 1.11. The van der Waals surface area contributed by atoms with Crippen LogP contribution in [0, 0.1) is 0 Å². The van der Waals surface area contributed by atoms with Gasteiger partial charge in [-0.25, -0.2) is 0 Å². The standard InChI is InChI=1S/C14H13S.3C4H9.Sn/c1-12-7-5-6-8-13(12)11-15-14-9-3-2-4-10-14;3*1-3-4-2;/h2-10H,1,11H2;3*1,3-4H2,2H3;. The molecule has 0 fully saturated rings. The van der Waals surface area contributed by atoms with Crippen LogP contribution in [0.1, 0.15) is 70.4 Å². The van der Waals surface area contributed by atoms with Gasteiger partial charge < -0.3 is 0 Å². The Kier molecular flexibility index (Phi) is 11.7. The van der Waals surface area contributed by atoms with E-state index in [0.717, 1.165) is 5.75 Å². The second kappa shape index (κ2) is 13.7. The molecule has 0 atom stereocenters. The van der Waals surface area contributed by atoms with Crippen molar-refractivity contribution < 1.29 is 0 Å². The average molecular weight is 503 g/mol. The van der Waals surface area contributed by atoms with E-state index in [1.807, 2.05) is 11.8 Å². The van der Waals surface area contributed by atoms with Crippen LogP contribution in [0.5, 0.6) is 0 Å². The van der Waals surface area contributed by atoms with Crippen LogP contribution >= 0.6 is 11.8 Å². The number of unbranched alkanes of at least 4 members (excludes halogenated alkanes) is 3. The molecule has 154 valence electrons. The summed E-state index contributed by atoms with van der Waals surface area (Å²) in [6.45, 7) is 7.13. The Hall–Kier alpha value is -0.411. The fourth-order valence-corrected chi connectivity index (χ4v) is 21.6. The van der Waals surface area contributed by atoms with E-state index in [-0.39, 0.29) is 0 Å². The summed E-state index contributed by atoms with van der Waals surface area (Å²) < 4.78 is 6.28. The predicted octanol–water partition coefficient (Wildman–Crippen LogP) is 8.91. The molecule has 0 saturated carbocycles. The summed E-state index contributed by atoms with van der Waals surface area (Å²) in [5.74, 6) is 1.11. The van der Waals surface area contributed by atoms with Crippen molar-refractivity contribution in [3.8, 4) is 0 Å². The van der Waals surface area contributed by atoms with Gasteiger partial charge in [-0.2, -0.15) is 0 Å². The van der Waals surface area contributed by atoms with Gasteiger partial charge in [0.2, 0.25) is 0 Å². The van der Waals surface area contributed by atoms with E-state index < -0.39 is 18.4 Å². The van der Waals surface area contributed by atoms with Gasteiger partial charge in [0.25, 0.3) is 0 Å². The second-order valence-electron chi connectivity index (χ2n) is 8.36. The van der Waals surface area contributed by atoms with Gasteiger partial charge in [-0.05, 0) is 0 Å². The van der Waals surface area contributed by atoms with Crippen molar-refractivity contribution in [3.63, 3.8) is 0 Å². The van der Waals surface area contributed by atoms with Gasteiger partial charge in [0, 0.05) is 0 Å². The number of hydrogen-bond acceptors (Lipinski definition) is 1. The summed E-state index contributed by atoms with van der Waals surface area (Å²) in [5, 5.41) is 0. The molecule has 0 radical (unpaired) electrons. The maximum absolute atomic E-state index is 2.45. The number of benzene rings is 2. The molecule has 0 heterocycles. The number of thioether (sulfide) groups is 1. The second-order valence-corrected chi connectivity index (χ2v) is 23.3. The molecule has 0 aliphatic carbocycles. The molecule has 2 rings (SSSR count). The molecule has 0 aliphatic rings. The third-order valence-electron chi connectivity index (χ3n) is 6.00. The fraction of sp³-hybridized carbons (Fsp3) is 0.538. The Morgan fingerprint density at radius 1 is 0.643 bits per heavy atom. The zero-order chi connectivity index (χ0) is 20.1. The summed E-state index contributed by atoms with van der Waals surface area (Å²) in [7, 11) is 0. The van der Waals surface area contributed by atoms with Crippen molar-refractivity contribution in [2.45, 2.75) is 87.7 Å². The van der Waals surface area contributed by atoms with E-state index in [9.17, 15) is 0 Å². The summed E-state index contributed by atoms with van der Waals surface area (Å²) >= 11 is -0.150. The van der Waals surface area contributed by atoms with Gasteiger partial charge in [-0.3, -0.25) is 0 Å². The molecule has 28 heavy (non-hydrogen) atoms. The van der Waals surface area contributed by atoms with E-state index in [0.29, 0.717) is 0 Å². The SMILES string of the molecule is CCC[CH2][Sn]([CH2]CCC)([CH2]CCC)[CH2]c1ccccc1CSc1ccccc1. The van der Waals surface area contributed by atoms with Gasteiger partial charge in [-0.15, -0.1) is 0 Å². The molecule has 0 amide bonds. The Morgan fingerprint density at radius 3 is 1.68 bits per heavy atom. The minimum atomic E-state index is -2.14. The van der Waals surface area contributed by atoms with Gasteiger partial charge in [-0.1, -0.05) is 0 Å². The molecule has 2 heteroatoms. The first-order valence-corrected chi connectivity index (χ1v) is 20.5. The van der Waals surface area contributed by atoms with E-state index in [1.54, 1.807) is 24.4 Å². The Balaban J connectivity index is 2.18. The summed E-state index contributed by atoms with van der Waals surface area (Å²) in [6, 6.07) is 20.2. The predicted molar refractivity (Wildman–Crippen MR) is 131 cm³/mol. The molecular formula is C26H40SSn. The van der Waals surface area contributed by atoms with Crippen molar-refractivity contribution in [2.75, 3.05) is 0 Å². The topological polar surface area (TPSA) is 0 Å². The first kappa shape index (κ1) is 23.9. The molecule has 0 spiro atoms. The fourth-order valence-electron chi connectivity index (χ4n) is 4.25. The third-order valence-corrected chi connectivity index (χ3v) is 22.4. The van der Waals surface area contributed by atoms with Crippen molar-refractivity contribution in [3.05, 3.63) is 65.7 Å². The van der Waals surface area contributed by atoms with Gasteiger partial charge >= 0.3 is 184 Å². The Morgan fingerprint density at radius 2 is 1.14 bits per heavy atom. The summed E-state index contributed by atoms with van der Waals surface area (Å²) in [6.07, 6.45) is 8.48. The van der Waals surface area contributed by atoms with Crippen molar-refractivity contribution >= 4 is 30.1 Å². The summed E-state index contributed by atoms with van der Waals surface area (Å²) in [4.78, 5) is 1.38. The average Bonchev–Trinajstić information content (AvgIpc) is 2.75. The zero-order valence-corrected chi connectivity index (χ0v) is 22.1. The van der Waals surface area contributed by atoms with Crippen LogP contribution in [-0.4, -0.2) is 18.4 Å². The van der Waals surface area contributed by atoms with E-state index in [1.165, 1.54) is 47.9 Å². The number of rotatable bonds is 14. The molecule has 0 aromatic heterocycles. The molecule has 2 aromatic carbocycles. The van der Waals surface area contributed by atoms with Crippen LogP contribution < -0.4 is 0 Å². The molecule has 0 N–H and O–H groups in total. The zero-order valence-electron chi connectivity index (χ0n) is 18.4. The van der Waals surface area contributed by atoms with Gasteiger partial charge in [0.15, 0.2) is 0 Å². The van der Waals surface area contributed by atoms with E-state index in [4.69, 9.17) is 0 Å². The third kappa shape index (κ3) is 8.14. The van der Waals surface area contributed by atoms with Crippen LogP contribution in [-0.2, 0) is 10.2 Å². The van der Waals surface area contributed by atoms with Crippen LogP contribution in [0.15, 0.2) is 59.5 Å². The quantitative estimate of drug-likeness (QED) is 0.183. The molecular weight excluding hydrogens is 463 g/mol. The van der Waals surface area contributed by atoms with Crippen LogP contribution in [0.4, 0.5) is 0 Å². The van der Waals surface area contributed by atoms with E-state index >= 15 is 0 Å². The van der Waals surface area contributed by atoms with Crippen molar-refractivity contribution in [2.24, 2.45) is 0 Å². The van der Waals surface area contributed by atoms with Crippen molar-refractivity contribution in [1.82, 2.24) is 0 Å². The first-order valence-electron chi connectivity index (χ1n) is 11.5. The Bertz CT molecular complexity index is 631. The van der Waals surface area contributed by atoms with Gasteiger partial charge in [0.05, 0.1) is 0 Å². The monoisotopic (exact) mass is 504 g/mol. The van der Waals surface area contributed by atoms with E-state index in [2.05, 4.69) is 75.4 Å². The molecule has 0 bridgehead atoms. The molecule has 0 nitrogen and oxygen atoms in total. The van der Waals surface area contributed by atoms with Crippen LogP contribution in [0.25, 0.3) is 0 Å². The first-order chi connectivity index (χ1) is 13.7. The van der Waals surface area contributed by atoms with Crippen LogP contribution in [0.3, 0.4) is 0 Å². The summed E-state index contributed by atoms with van der Waals surface area (Å²) in [5.41, 5.74) is 3.27. The normalized spacial score (nSPS) is 11.7. The van der Waals surface area contributed by atoms with Crippen molar-refractivity contribution in [1.29, 1.82) is 0 Å². The number of hydrogen-bond donors (Lipinski definition) is 0. The molecule has 0 aliphatic heterocycles. The maximum atomic E-state index is 2.45. The molecule has 2 aromatic rings. The molecule has 0 saturated heterocycles. The molecule has 0 unspecified atom stereocenters. The van der Waals surface area contributed by atoms with Crippen LogP contribution in [0.2, 0.25) is 13.3 Å². The van der Waals surface area contributed by atoms with Gasteiger partial charge in [0.1, 0.15) is 0 Å². The Labute approximate surface area is 182 Å².